The molecule has 0 aromatic heterocycles. The number of Topliss-reactive ketones (excluding diaryl/α,β-unsaturated/α-hetero) is 1. The molecule has 0 fully saturated rings. The standard InChI is InChI=1S/C6H12N2O2S/c1-4(9)8-2-6(10)5(7)3-11/h5,11H,2-3,7H2,1H3,(H,8,9)/t5-/m1/s1. The number of ketones is 1. The van der Waals surface area contributed by atoms with Crippen LogP contribution < -0.4 is 11.1 Å². The van der Waals surface area contributed by atoms with Gasteiger partial charge in [-0.25, -0.2) is 0 Å². The molecule has 0 saturated carbocycles. The van der Waals surface area contributed by atoms with E-state index in [4.69, 9.17) is 5.73 Å². The molecule has 0 aromatic rings. The number of rotatable bonds is 4. The second kappa shape index (κ2) is 5.15. The second-order valence-electron chi connectivity index (χ2n) is 2.17. The minimum atomic E-state index is -0.579. The molecule has 64 valence electrons. The van der Waals surface area contributed by atoms with E-state index < -0.39 is 6.04 Å². The zero-order valence-corrected chi connectivity index (χ0v) is 7.23. The third-order valence-corrected chi connectivity index (χ3v) is 1.52. The van der Waals surface area contributed by atoms with Gasteiger partial charge in [0.2, 0.25) is 5.91 Å². The Morgan fingerprint density at radius 3 is 2.55 bits per heavy atom. The lowest BCUT2D eigenvalue weighted by Crippen LogP contribution is -2.40. The molecule has 0 unspecified atom stereocenters. The first-order chi connectivity index (χ1) is 5.07. The highest BCUT2D eigenvalue weighted by Gasteiger charge is 2.10. The van der Waals surface area contributed by atoms with Crippen LogP contribution in [0.4, 0.5) is 0 Å². The Kier molecular flexibility index (Phi) is 4.89. The highest BCUT2D eigenvalue weighted by atomic mass is 32.1. The summed E-state index contributed by atoms with van der Waals surface area (Å²) in [6, 6.07) is -0.579. The van der Waals surface area contributed by atoms with E-state index in [0.29, 0.717) is 5.75 Å². The van der Waals surface area contributed by atoms with Crippen LogP contribution in [0.25, 0.3) is 0 Å². The van der Waals surface area contributed by atoms with Crippen LogP contribution in [0, 0.1) is 0 Å². The Labute approximate surface area is 70.9 Å². The van der Waals surface area contributed by atoms with E-state index in [-0.39, 0.29) is 18.2 Å². The van der Waals surface area contributed by atoms with Crippen molar-refractivity contribution in [3.8, 4) is 0 Å². The average Bonchev–Trinajstić information content (AvgIpc) is 1.98. The summed E-state index contributed by atoms with van der Waals surface area (Å²) in [6.07, 6.45) is 0. The Morgan fingerprint density at radius 2 is 2.18 bits per heavy atom. The zero-order valence-electron chi connectivity index (χ0n) is 6.33. The highest BCUT2D eigenvalue weighted by Crippen LogP contribution is 1.84. The van der Waals surface area contributed by atoms with Gasteiger partial charge in [0.15, 0.2) is 5.78 Å². The molecule has 3 N–H and O–H groups in total. The minimum absolute atomic E-state index is 0.00292. The monoisotopic (exact) mass is 176 g/mol. The zero-order chi connectivity index (χ0) is 8.85. The molecule has 11 heavy (non-hydrogen) atoms. The third-order valence-electron chi connectivity index (χ3n) is 1.12. The maximum Gasteiger partial charge on any atom is 0.217 e. The van der Waals surface area contributed by atoms with Crippen molar-refractivity contribution < 1.29 is 9.59 Å². The van der Waals surface area contributed by atoms with Gasteiger partial charge >= 0.3 is 0 Å². The number of hydrogen-bond donors (Lipinski definition) is 3. The molecule has 1 atom stereocenters. The quantitative estimate of drug-likeness (QED) is 0.478. The molecule has 0 spiro atoms. The maximum atomic E-state index is 10.9. The van der Waals surface area contributed by atoms with E-state index in [2.05, 4.69) is 17.9 Å². The predicted molar refractivity (Wildman–Crippen MR) is 45.5 cm³/mol. The number of carbonyl (C=O) groups excluding carboxylic acids is 2. The van der Waals surface area contributed by atoms with Gasteiger partial charge in [0.25, 0.3) is 0 Å². The molecular formula is C6H12N2O2S. The van der Waals surface area contributed by atoms with Gasteiger partial charge < -0.3 is 11.1 Å². The number of hydrogen-bond acceptors (Lipinski definition) is 4. The third kappa shape index (κ3) is 4.80. The summed E-state index contributed by atoms with van der Waals surface area (Å²) < 4.78 is 0. The van der Waals surface area contributed by atoms with Crippen molar-refractivity contribution in [3.63, 3.8) is 0 Å². The molecule has 0 bridgehead atoms. The molecule has 0 aromatic carbocycles. The fourth-order valence-corrected chi connectivity index (χ4v) is 0.648. The average molecular weight is 176 g/mol. The summed E-state index contributed by atoms with van der Waals surface area (Å²) in [6.45, 7) is 1.34. The lowest BCUT2D eigenvalue weighted by Gasteiger charge is -2.06. The fraction of sp³-hybridized carbons (Fsp3) is 0.667. The van der Waals surface area contributed by atoms with Crippen molar-refractivity contribution in [2.24, 2.45) is 5.73 Å². The van der Waals surface area contributed by atoms with E-state index in [9.17, 15) is 9.59 Å². The van der Waals surface area contributed by atoms with Crippen molar-refractivity contribution in [1.82, 2.24) is 5.32 Å². The van der Waals surface area contributed by atoms with Crippen LogP contribution in [0.15, 0.2) is 0 Å². The lowest BCUT2D eigenvalue weighted by molar-refractivity contribution is -0.124. The Balaban J connectivity index is 3.60. The second-order valence-corrected chi connectivity index (χ2v) is 2.53. The van der Waals surface area contributed by atoms with E-state index in [1.165, 1.54) is 6.92 Å². The number of amides is 1. The maximum absolute atomic E-state index is 10.9. The van der Waals surface area contributed by atoms with Crippen LogP contribution in [0.2, 0.25) is 0 Å². The molecule has 0 aliphatic rings. The van der Waals surface area contributed by atoms with E-state index in [0.717, 1.165) is 0 Å². The van der Waals surface area contributed by atoms with Crippen LogP contribution in [-0.4, -0.2) is 30.0 Å². The predicted octanol–water partition coefficient (Wildman–Crippen LogP) is -1.05. The van der Waals surface area contributed by atoms with Crippen molar-refractivity contribution in [2.75, 3.05) is 12.3 Å². The molecule has 5 heteroatoms. The molecule has 0 saturated heterocycles. The molecule has 0 heterocycles. The first-order valence-electron chi connectivity index (χ1n) is 3.21. The van der Waals surface area contributed by atoms with Gasteiger partial charge in [-0.15, -0.1) is 0 Å². The summed E-state index contributed by atoms with van der Waals surface area (Å²) in [4.78, 5) is 21.2. The van der Waals surface area contributed by atoms with E-state index in [1.54, 1.807) is 0 Å². The summed E-state index contributed by atoms with van der Waals surface area (Å²) in [5.41, 5.74) is 5.33. The van der Waals surface area contributed by atoms with Gasteiger partial charge in [0.05, 0.1) is 12.6 Å². The van der Waals surface area contributed by atoms with Crippen molar-refractivity contribution in [2.45, 2.75) is 13.0 Å². The molecule has 0 aliphatic carbocycles. The highest BCUT2D eigenvalue weighted by molar-refractivity contribution is 7.80. The Hall–Kier alpha value is -0.550. The molecule has 0 radical (unpaired) electrons. The van der Waals surface area contributed by atoms with Crippen LogP contribution >= 0.6 is 12.6 Å². The van der Waals surface area contributed by atoms with Gasteiger partial charge in [-0.3, -0.25) is 9.59 Å². The van der Waals surface area contributed by atoms with Crippen LogP contribution in [0.5, 0.6) is 0 Å². The first-order valence-corrected chi connectivity index (χ1v) is 3.84. The van der Waals surface area contributed by atoms with E-state index in [1.807, 2.05) is 0 Å². The Morgan fingerprint density at radius 1 is 1.64 bits per heavy atom. The van der Waals surface area contributed by atoms with Crippen LogP contribution in [0.1, 0.15) is 6.92 Å². The number of nitrogens with one attached hydrogen (secondary N) is 1. The SMILES string of the molecule is CC(=O)NCC(=O)[C@H](N)CS. The summed E-state index contributed by atoms with van der Waals surface area (Å²) in [5.74, 6) is -0.127. The molecule has 4 nitrogen and oxygen atoms in total. The summed E-state index contributed by atoms with van der Waals surface area (Å²) >= 11 is 3.84. The minimum Gasteiger partial charge on any atom is -0.349 e. The molecule has 1 amide bonds. The molecular weight excluding hydrogens is 164 g/mol. The normalized spacial score (nSPS) is 12.3. The van der Waals surface area contributed by atoms with Crippen molar-refractivity contribution >= 4 is 24.3 Å². The Bertz CT molecular complexity index is 161. The van der Waals surface area contributed by atoms with Crippen molar-refractivity contribution in [3.05, 3.63) is 0 Å². The fourth-order valence-electron chi connectivity index (χ4n) is 0.445. The lowest BCUT2D eigenvalue weighted by atomic mass is 10.2. The summed E-state index contributed by atoms with van der Waals surface area (Å²) in [5, 5.41) is 2.36. The summed E-state index contributed by atoms with van der Waals surface area (Å²) in [7, 11) is 0. The number of nitrogens with two attached hydrogens (primary N) is 1. The first kappa shape index (κ1) is 10.4. The number of carbonyl (C=O) groups is 2. The largest absolute Gasteiger partial charge is 0.349 e. The van der Waals surface area contributed by atoms with Crippen LogP contribution in [0.3, 0.4) is 0 Å². The molecule has 0 rings (SSSR count). The molecule has 0 aliphatic heterocycles. The number of thiol groups is 1. The van der Waals surface area contributed by atoms with Crippen molar-refractivity contribution in [1.29, 1.82) is 0 Å². The van der Waals surface area contributed by atoms with Gasteiger partial charge in [-0.05, 0) is 0 Å². The van der Waals surface area contributed by atoms with Gasteiger partial charge in [0, 0.05) is 12.7 Å². The van der Waals surface area contributed by atoms with Gasteiger partial charge in [-0.2, -0.15) is 12.6 Å². The smallest absolute Gasteiger partial charge is 0.217 e. The topological polar surface area (TPSA) is 72.2 Å². The van der Waals surface area contributed by atoms with E-state index >= 15 is 0 Å². The van der Waals surface area contributed by atoms with Crippen LogP contribution in [-0.2, 0) is 9.59 Å². The van der Waals surface area contributed by atoms with Gasteiger partial charge in [-0.1, -0.05) is 0 Å². The van der Waals surface area contributed by atoms with Gasteiger partial charge in [0.1, 0.15) is 0 Å².